The number of benzene rings is 2. The van der Waals surface area contributed by atoms with Crippen LogP contribution in [-0.4, -0.2) is 11.8 Å². The molecule has 0 aromatic heterocycles. The fourth-order valence-electron chi connectivity index (χ4n) is 3.36. The number of carbonyl (C=O) groups is 2. The first-order valence-corrected chi connectivity index (χ1v) is 8.78. The van der Waals surface area contributed by atoms with Crippen molar-refractivity contribution < 1.29 is 9.59 Å². The van der Waals surface area contributed by atoms with Crippen molar-refractivity contribution in [2.24, 2.45) is 5.73 Å². The van der Waals surface area contributed by atoms with Crippen LogP contribution in [0, 0.1) is 0 Å². The zero-order valence-electron chi connectivity index (χ0n) is 13.2. The van der Waals surface area contributed by atoms with Gasteiger partial charge >= 0.3 is 0 Å². The van der Waals surface area contributed by atoms with Crippen molar-refractivity contribution >= 4 is 33.4 Å². The lowest BCUT2D eigenvalue weighted by Crippen LogP contribution is -2.38. The van der Waals surface area contributed by atoms with Crippen molar-refractivity contribution in [1.82, 2.24) is 0 Å². The van der Waals surface area contributed by atoms with Gasteiger partial charge in [0, 0.05) is 15.7 Å². The van der Waals surface area contributed by atoms with Gasteiger partial charge in [0.2, 0.25) is 11.8 Å². The number of halogens is 1. The van der Waals surface area contributed by atoms with Gasteiger partial charge in [-0.15, -0.1) is 0 Å². The lowest BCUT2D eigenvalue weighted by molar-refractivity contribution is -0.121. The average molecular weight is 387 g/mol. The van der Waals surface area contributed by atoms with Crippen LogP contribution in [0.4, 0.5) is 5.69 Å². The molecule has 3 rings (SSSR count). The number of hydrogen-bond donors (Lipinski definition) is 2. The largest absolute Gasteiger partial charge is 0.366 e. The second kappa shape index (κ2) is 6.77. The molecule has 0 atom stereocenters. The van der Waals surface area contributed by atoms with Gasteiger partial charge in [-0.1, -0.05) is 40.9 Å². The molecule has 1 aliphatic rings. The van der Waals surface area contributed by atoms with E-state index in [1.807, 2.05) is 24.3 Å². The molecule has 1 fully saturated rings. The monoisotopic (exact) mass is 386 g/mol. The number of carbonyl (C=O) groups excluding carboxylic acids is 2. The molecule has 2 aromatic rings. The van der Waals surface area contributed by atoms with Gasteiger partial charge in [0.05, 0.1) is 5.41 Å². The molecule has 5 heteroatoms. The molecule has 3 N–H and O–H groups in total. The third-order valence-electron chi connectivity index (χ3n) is 4.72. The van der Waals surface area contributed by atoms with Crippen molar-refractivity contribution in [2.45, 2.75) is 31.1 Å². The van der Waals surface area contributed by atoms with E-state index in [-0.39, 0.29) is 5.91 Å². The molecule has 124 valence electrons. The number of anilines is 1. The van der Waals surface area contributed by atoms with Crippen LogP contribution in [0.2, 0.25) is 0 Å². The summed E-state index contributed by atoms with van der Waals surface area (Å²) in [4.78, 5) is 24.2. The normalized spacial score (nSPS) is 15.9. The van der Waals surface area contributed by atoms with E-state index in [1.54, 1.807) is 24.3 Å². The number of primary amides is 1. The van der Waals surface area contributed by atoms with E-state index in [4.69, 9.17) is 5.73 Å². The van der Waals surface area contributed by atoms with Gasteiger partial charge in [-0.3, -0.25) is 9.59 Å². The van der Waals surface area contributed by atoms with Gasteiger partial charge in [0.15, 0.2) is 0 Å². The zero-order chi connectivity index (χ0) is 17.2. The highest BCUT2D eigenvalue weighted by Crippen LogP contribution is 2.42. The third kappa shape index (κ3) is 3.22. The van der Waals surface area contributed by atoms with Crippen LogP contribution in [0.3, 0.4) is 0 Å². The van der Waals surface area contributed by atoms with Crippen molar-refractivity contribution in [2.75, 3.05) is 5.32 Å². The van der Waals surface area contributed by atoms with E-state index < -0.39 is 11.3 Å². The zero-order valence-corrected chi connectivity index (χ0v) is 14.8. The summed E-state index contributed by atoms with van der Waals surface area (Å²) in [6.45, 7) is 0. The predicted octanol–water partition coefficient (Wildman–Crippen LogP) is 4.00. The molecule has 0 unspecified atom stereocenters. The van der Waals surface area contributed by atoms with Crippen LogP contribution in [0.25, 0.3) is 0 Å². The lowest BCUT2D eigenvalue weighted by atomic mass is 9.78. The van der Waals surface area contributed by atoms with Gasteiger partial charge in [-0.05, 0) is 54.8 Å². The molecular weight excluding hydrogens is 368 g/mol. The third-order valence-corrected chi connectivity index (χ3v) is 5.24. The Morgan fingerprint density at radius 1 is 0.958 bits per heavy atom. The van der Waals surface area contributed by atoms with E-state index in [9.17, 15) is 9.59 Å². The van der Waals surface area contributed by atoms with Crippen molar-refractivity contribution in [3.8, 4) is 0 Å². The molecule has 0 spiro atoms. The number of nitrogens with two attached hydrogens (primary N) is 1. The Balaban J connectivity index is 1.85. The number of nitrogens with one attached hydrogen (secondary N) is 1. The fraction of sp³-hybridized carbons (Fsp3) is 0.263. The smallest absolute Gasteiger partial charge is 0.248 e. The highest BCUT2D eigenvalue weighted by Gasteiger charge is 2.42. The topological polar surface area (TPSA) is 72.2 Å². The quantitative estimate of drug-likeness (QED) is 0.833. The second-order valence-electron chi connectivity index (χ2n) is 6.19. The standard InChI is InChI=1S/C19H19BrN2O2/c20-15-7-5-14(6-8-15)19(11-1-2-12-19)18(24)22-16-9-3-13(4-10-16)17(21)23/h3-10H,1-2,11-12H2,(H2,21,23)(H,22,24). The van der Waals surface area contributed by atoms with Crippen molar-refractivity contribution in [1.29, 1.82) is 0 Å². The minimum absolute atomic E-state index is 0.00847. The maximum atomic E-state index is 13.0. The first-order valence-electron chi connectivity index (χ1n) is 7.99. The number of amides is 2. The molecular formula is C19H19BrN2O2. The molecule has 1 saturated carbocycles. The Bertz CT molecular complexity index is 748. The van der Waals surface area contributed by atoms with E-state index in [0.29, 0.717) is 11.3 Å². The van der Waals surface area contributed by atoms with Gasteiger partial charge in [-0.2, -0.15) is 0 Å². The minimum Gasteiger partial charge on any atom is -0.366 e. The molecule has 2 amide bonds. The summed E-state index contributed by atoms with van der Waals surface area (Å²) in [5, 5.41) is 3.00. The summed E-state index contributed by atoms with van der Waals surface area (Å²) in [5.41, 5.74) is 6.91. The van der Waals surface area contributed by atoms with E-state index in [1.165, 1.54) is 0 Å². The van der Waals surface area contributed by atoms with E-state index in [0.717, 1.165) is 35.7 Å². The molecule has 0 saturated heterocycles. The predicted molar refractivity (Wildman–Crippen MR) is 97.9 cm³/mol. The maximum absolute atomic E-state index is 13.0. The molecule has 0 heterocycles. The van der Waals surface area contributed by atoms with Crippen LogP contribution in [-0.2, 0) is 10.2 Å². The number of hydrogen-bond acceptors (Lipinski definition) is 2. The average Bonchev–Trinajstić information content (AvgIpc) is 3.07. The number of rotatable bonds is 4. The molecule has 24 heavy (non-hydrogen) atoms. The Kier molecular flexibility index (Phi) is 4.71. The van der Waals surface area contributed by atoms with Crippen LogP contribution in [0.5, 0.6) is 0 Å². The summed E-state index contributed by atoms with van der Waals surface area (Å²) < 4.78 is 1.00. The van der Waals surface area contributed by atoms with E-state index >= 15 is 0 Å². The van der Waals surface area contributed by atoms with Crippen molar-refractivity contribution in [3.63, 3.8) is 0 Å². The van der Waals surface area contributed by atoms with Gasteiger partial charge in [0.25, 0.3) is 0 Å². The lowest BCUT2D eigenvalue weighted by Gasteiger charge is -2.28. The van der Waals surface area contributed by atoms with Gasteiger partial charge < -0.3 is 11.1 Å². The molecule has 0 bridgehead atoms. The molecule has 4 nitrogen and oxygen atoms in total. The molecule has 1 aliphatic carbocycles. The highest BCUT2D eigenvalue weighted by atomic mass is 79.9. The Morgan fingerprint density at radius 3 is 2.08 bits per heavy atom. The molecule has 0 radical (unpaired) electrons. The van der Waals surface area contributed by atoms with Crippen LogP contribution in [0.15, 0.2) is 53.0 Å². The second-order valence-corrected chi connectivity index (χ2v) is 7.11. The first kappa shape index (κ1) is 16.7. The molecule has 2 aromatic carbocycles. The Hall–Kier alpha value is -2.14. The molecule has 0 aliphatic heterocycles. The SMILES string of the molecule is NC(=O)c1ccc(NC(=O)C2(c3ccc(Br)cc3)CCCC2)cc1. The first-order chi connectivity index (χ1) is 11.5. The Morgan fingerprint density at radius 2 is 1.54 bits per heavy atom. The van der Waals surface area contributed by atoms with Crippen LogP contribution >= 0.6 is 15.9 Å². The summed E-state index contributed by atoms with van der Waals surface area (Å²) in [5.74, 6) is -0.468. The van der Waals surface area contributed by atoms with Gasteiger partial charge in [-0.25, -0.2) is 0 Å². The van der Waals surface area contributed by atoms with Crippen LogP contribution in [0.1, 0.15) is 41.6 Å². The summed E-state index contributed by atoms with van der Waals surface area (Å²) in [6, 6.07) is 14.7. The fourth-order valence-corrected chi connectivity index (χ4v) is 3.63. The van der Waals surface area contributed by atoms with Crippen molar-refractivity contribution in [3.05, 3.63) is 64.1 Å². The minimum atomic E-state index is -0.483. The summed E-state index contributed by atoms with van der Waals surface area (Å²) in [6.07, 6.45) is 3.79. The Labute approximate surface area is 149 Å². The summed E-state index contributed by atoms with van der Waals surface area (Å²) >= 11 is 3.44. The summed E-state index contributed by atoms with van der Waals surface area (Å²) in [7, 11) is 0. The van der Waals surface area contributed by atoms with Crippen LogP contribution < -0.4 is 11.1 Å². The van der Waals surface area contributed by atoms with Gasteiger partial charge in [0.1, 0.15) is 0 Å². The highest BCUT2D eigenvalue weighted by molar-refractivity contribution is 9.10. The maximum Gasteiger partial charge on any atom is 0.248 e. The van der Waals surface area contributed by atoms with E-state index in [2.05, 4.69) is 21.2 Å².